The van der Waals surface area contributed by atoms with Gasteiger partial charge in [-0.05, 0) is 32.0 Å². The average molecular weight is 229 g/mol. The van der Waals surface area contributed by atoms with E-state index >= 15 is 0 Å². The Morgan fingerprint density at radius 1 is 1.31 bits per heavy atom. The van der Waals surface area contributed by atoms with E-state index in [2.05, 4.69) is 0 Å². The van der Waals surface area contributed by atoms with Crippen LogP contribution in [-0.4, -0.2) is 11.9 Å². The van der Waals surface area contributed by atoms with Crippen LogP contribution in [0.4, 0.5) is 8.78 Å². The van der Waals surface area contributed by atoms with Crippen molar-refractivity contribution in [2.45, 2.75) is 25.9 Å². The van der Waals surface area contributed by atoms with E-state index < -0.39 is 23.6 Å². The third kappa shape index (κ3) is 3.00. The first-order valence-electron chi connectivity index (χ1n) is 5.01. The fourth-order valence-corrected chi connectivity index (χ4v) is 1.43. The molecule has 0 aliphatic rings. The zero-order valence-electron chi connectivity index (χ0n) is 9.21. The van der Waals surface area contributed by atoms with Crippen LogP contribution >= 0.6 is 0 Å². The molecule has 0 bridgehead atoms. The van der Waals surface area contributed by atoms with Crippen LogP contribution in [0.1, 0.15) is 25.5 Å². The Kier molecular flexibility index (Phi) is 3.95. The maximum Gasteiger partial charge on any atom is 0.275 e. The van der Waals surface area contributed by atoms with Crippen LogP contribution in [0.2, 0.25) is 0 Å². The van der Waals surface area contributed by atoms with E-state index in [0.29, 0.717) is 5.56 Å². The number of hydrogen-bond acceptors (Lipinski definition) is 1. The number of rotatable bonds is 4. The van der Waals surface area contributed by atoms with Crippen molar-refractivity contribution >= 4 is 5.91 Å². The number of carbonyl (C=O) groups excluding carboxylic acids is 1. The standard InChI is InChI=1S/C11H14F2N2O/c1-6(15-7(2)11(14)16)8-3-4-9(12)10(13)5-8/h3-7,15H,1-2H3,(H2,14,16)/p+1/t6-,7-/m0/s1. The van der Waals surface area contributed by atoms with Crippen LogP contribution in [0.15, 0.2) is 18.2 Å². The first-order valence-corrected chi connectivity index (χ1v) is 5.01. The molecular formula is C11H15F2N2O+. The normalized spacial score (nSPS) is 14.5. The molecule has 3 nitrogen and oxygen atoms in total. The van der Waals surface area contributed by atoms with Gasteiger partial charge in [0.05, 0.1) is 0 Å². The molecule has 4 N–H and O–H groups in total. The van der Waals surface area contributed by atoms with Crippen molar-refractivity contribution in [3.05, 3.63) is 35.4 Å². The second kappa shape index (κ2) is 5.03. The summed E-state index contributed by atoms with van der Waals surface area (Å²) in [6.07, 6.45) is 0. The summed E-state index contributed by atoms with van der Waals surface area (Å²) < 4.78 is 25.6. The Labute approximate surface area is 92.6 Å². The van der Waals surface area contributed by atoms with Gasteiger partial charge in [0, 0.05) is 5.56 Å². The minimum atomic E-state index is -0.885. The molecule has 88 valence electrons. The number of benzene rings is 1. The smallest absolute Gasteiger partial charge is 0.275 e. The van der Waals surface area contributed by atoms with Crippen LogP contribution in [0.25, 0.3) is 0 Å². The summed E-state index contributed by atoms with van der Waals surface area (Å²) in [6.45, 7) is 3.46. The minimum absolute atomic E-state index is 0.155. The predicted octanol–water partition coefficient (Wildman–Crippen LogP) is 0.463. The van der Waals surface area contributed by atoms with Crippen LogP contribution in [-0.2, 0) is 4.79 Å². The topological polar surface area (TPSA) is 59.7 Å². The number of nitrogens with two attached hydrogens (primary N) is 2. The lowest BCUT2D eigenvalue weighted by atomic mass is 10.1. The van der Waals surface area contributed by atoms with E-state index in [0.717, 1.165) is 12.1 Å². The van der Waals surface area contributed by atoms with Gasteiger partial charge < -0.3 is 11.1 Å². The molecule has 0 fully saturated rings. The number of primary amides is 1. The molecule has 0 saturated carbocycles. The highest BCUT2D eigenvalue weighted by atomic mass is 19.2. The summed E-state index contributed by atoms with van der Waals surface area (Å²) in [5.74, 6) is -2.20. The molecule has 1 aromatic carbocycles. The molecule has 1 aromatic rings. The number of halogens is 2. The fraction of sp³-hybridized carbons (Fsp3) is 0.364. The fourth-order valence-electron chi connectivity index (χ4n) is 1.43. The van der Waals surface area contributed by atoms with Gasteiger partial charge in [-0.1, -0.05) is 0 Å². The highest BCUT2D eigenvalue weighted by Crippen LogP contribution is 2.13. The molecule has 1 rings (SSSR count). The van der Waals surface area contributed by atoms with Gasteiger partial charge in [-0.2, -0.15) is 0 Å². The van der Waals surface area contributed by atoms with Crippen LogP contribution in [0, 0.1) is 11.6 Å². The monoisotopic (exact) mass is 229 g/mol. The summed E-state index contributed by atoms with van der Waals surface area (Å²) in [7, 11) is 0. The molecule has 0 heterocycles. The first-order chi connectivity index (χ1) is 7.41. The predicted molar refractivity (Wildman–Crippen MR) is 55.4 cm³/mol. The third-order valence-corrected chi connectivity index (χ3v) is 2.50. The number of hydrogen-bond donors (Lipinski definition) is 2. The van der Waals surface area contributed by atoms with Crippen molar-refractivity contribution < 1.29 is 18.9 Å². The van der Waals surface area contributed by atoms with Gasteiger partial charge in [0.2, 0.25) is 0 Å². The maximum atomic E-state index is 13.0. The molecule has 0 aliphatic carbocycles. The van der Waals surface area contributed by atoms with Crippen molar-refractivity contribution in [1.82, 2.24) is 0 Å². The number of amides is 1. The minimum Gasteiger partial charge on any atom is -0.365 e. The van der Waals surface area contributed by atoms with E-state index in [1.807, 2.05) is 0 Å². The Balaban J connectivity index is 2.76. The molecule has 0 unspecified atom stereocenters. The third-order valence-electron chi connectivity index (χ3n) is 2.50. The van der Waals surface area contributed by atoms with Gasteiger partial charge in [0.25, 0.3) is 5.91 Å². The molecule has 0 radical (unpaired) electrons. The molecule has 0 aliphatic heterocycles. The molecular weight excluding hydrogens is 214 g/mol. The van der Waals surface area contributed by atoms with Crippen molar-refractivity contribution in [2.24, 2.45) is 5.73 Å². The summed E-state index contributed by atoms with van der Waals surface area (Å²) >= 11 is 0. The van der Waals surface area contributed by atoms with Crippen molar-refractivity contribution in [3.63, 3.8) is 0 Å². The first kappa shape index (κ1) is 12.6. The highest BCUT2D eigenvalue weighted by Gasteiger charge is 2.18. The Morgan fingerprint density at radius 2 is 1.94 bits per heavy atom. The SMILES string of the molecule is C[C@H]([NH2+][C@@H](C)c1ccc(F)c(F)c1)C(N)=O. The van der Waals surface area contributed by atoms with Gasteiger partial charge in [-0.25, -0.2) is 8.78 Å². The van der Waals surface area contributed by atoms with Gasteiger partial charge >= 0.3 is 0 Å². The van der Waals surface area contributed by atoms with E-state index in [9.17, 15) is 13.6 Å². The second-order valence-electron chi connectivity index (χ2n) is 3.85. The molecule has 0 aromatic heterocycles. The largest absolute Gasteiger partial charge is 0.365 e. The average Bonchev–Trinajstić information content (AvgIpc) is 2.21. The molecule has 16 heavy (non-hydrogen) atoms. The number of quaternary nitrogens is 1. The molecule has 1 amide bonds. The Morgan fingerprint density at radius 3 is 2.44 bits per heavy atom. The zero-order chi connectivity index (χ0) is 12.3. The van der Waals surface area contributed by atoms with E-state index in [1.165, 1.54) is 6.07 Å². The summed E-state index contributed by atoms with van der Waals surface area (Å²) in [5.41, 5.74) is 5.73. The zero-order valence-corrected chi connectivity index (χ0v) is 9.21. The van der Waals surface area contributed by atoms with Crippen molar-refractivity contribution in [3.8, 4) is 0 Å². The summed E-state index contributed by atoms with van der Waals surface area (Å²) in [4.78, 5) is 10.8. The lowest BCUT2D eigenvalue weighted by Crippen LogP contribution is -2.92. The van der Waals surface area contributed by atoms with Gasteiger partial charge in [-0.3, -0.25) is 4.79 Å². The summed E-state index contributed by atoms with van der Waals surface area (Å²) in [6, 6.07) is 3.14. The lowest BCUT2D eigenvalue weighted by molar-refractivity contribution is -0.710. The molecule has 0 saturated heterocycles. The summed E-state index contributed by atoms with van der Waals surface area (Å²) in [5, 5.41) is 1.70. The van der Waals surface area contributed by atoms with Gasteiger partial charge in [0.1, 0.15) is 6.04 Å². The van der Waals surface area contributed by atoms with Gasteiger partial charge in [0.15, 0.2) is 17.7 Å². The Bertz CT molecular complexity index is 396. The van der Waals surface area contributed by atoms with Gasteiger partial charge in [-0.15, -0.1) is 0 Å². The highest BCUT2D eigenvalue weighted by molar-refractivity contribution is 5.77. The number of carbonyl (C=O) groups is 1. The maximum absolute atomic E-state index is 13.0. The molecule has 5 heteroatoms. The Hall–Kier alpha value is -1.49. The van der Waals surface area contributed by atoms with Crippen molar-refractivity contribution in [2.75, 3.05) is 0 Å². The van der Waals surface area contributed by atoms with E-state index in [-0.39, 0.29) is 6.04 Å². The van der Waals surface area contributed by atoms with Crippen LogP contribution < -0.4 is 11.1 Å². The molecule has 0 spiro atoms. The second-order valence-corrected chi connectivity index (χ2v) is 3.85. The molecule has 2 atom stereocenters. The quantitative estimate of drug-likeness (QED) is 0.774. The van der Waals surface area contributed by atoms with E-state index in [4.69, 9.17) is 5.73 Å². The van der Waals surface area contributed by atoms with Crippen LogP contribution in [0.3, 0.4) is 0 Å². The lowest BCUT2D eigenvalue weighted by Gasteiger charge is -2.14. The van der Waals surface area contributed by atoms with E-state index in [1.54, 1.807) is 19.2 Å². The van der Waals surface area contributed by atoms with Crippen molar-refractivity contribution in [1.29, 1.82) is 0 Å². The van der Waals surface area contributed by atoms with Crippen LogP contribution in [0.5, 0.6) is 0 Å².